The molecule has 0 unspecified atom stereocenters. The fraction of sp³-hybridized carbons (Fsp3) is 0.103. The molecule has 7 nitrogen and oxygen atoms in total. The Kier molecular flexibility index (Phi) is 6.22. The first kappa shape index (κ1) is 24.8. The first-order valence-corrected chi connectivity index (χ1v) is 15.5. The van der Waals surface area contributed by atoms with Crippen LogP contribution in [0.25, 0.3) is 70.8 Å². The van der Waals surface area contributed by atoms with Crippen LogP contribution in [0.15, 0.2) is 48.5 Å². The molecule has 0 radical (unpaired) electrons. The van der Waals surface area contributed by atoms with Crippen molar-refractivity contribution >= 4 is 112 Å². The molecule has 0 fully saturated rings. The van der Waals surface area contributed by atoms with Gasteiger partial charge in [-0.25, -0.2) is 4.85 Å². The van der Waals surface area contributed by atoms with Gasteiger partial charge in [0.2, 0.25) is 0 Å². The van der Waals surface area contributed by atoms with Crippen molar-refractivity contribution in [1.82, 2.24) is 22.1 Å². The molecule has 5 aromatic heterocycles. The lowest BCUT2D eigenvalue weighted by Gasteiger charge is -2.03. The third kappa shape index (κ3) is 4.03. The molecule has 0 amide bonds. The highest BCUT2D eigenvalue weighted by atomic mass is 32.1. The molecule has 40 heavy (non-hydrogen) atoms. The third-order valence-corrected chi connectivity index (χ3v) is 10.0. The van der Waals surface area contributed by atoms with E-state index in [4.69, 9.17) is 6.57 Å². The van der Waals surface area contributed by atoms with Crippen LogP contribution in [-0.4, -0.2) is 22.1 Å². The van der Waals surface area contributed by atoms with Gasteiger partial charge in [0.05, 0.1) is 62.1 Å². The van der Waals surface area contributed by atoms with Gasteiger partial charge in [-0.3, -0.25) is 0 Å². The SMILES string of the molecule is [C-]#[N+]/C(=C\c1cc2c(s1)c1sc(/C=C(\C#N)c3cccc4nsnc34)cc1n2CCC)c1cccc2nsnc12. The summed E-state index contributed by atoms with van der Waals surface area (Å²) < 4.78 is 22.2. The molecule has 192 valence electrons. The van der Waals surface area contributed by atoms with Crippen LogP contribution in [0.4, 0.5) is 0 Å². The lowest BCUT2D eigenvalue weighted by molar-refractivity contribution is 0.724. The normalized spacial score (nSPS) is 12.6. The van der Waals surface area contributed by atoms with Crippen LogP contribution in [0.3, 0.4) is 0 Å². The van der Waals surface area contributed by atoms with E-state index >= 15 is 0 Å². The minimum absolute atomic E-state index is 0.555. The molecule has 2 aromatic carbocycles. The molecule has 11 heteroatoms. The Labute approximate surface area is 245 Å². The van der Waals surface area contributed by atoms with E-state index in [1.165, 1.54) is 20.4 Å². The number of aromatic nitrogens is 5. The van der Waals surface area contributed by atoms with Gasteiger partial charge in [-0.15, -0.1) is 22.7 Å². The molecule has 0 aliphatic carbocycles. The maximum Gasteiger partial charge on any atom is 0.197 e. The van der Waals surface area contributed by atoms with Gasteiger partial charge in [0.25, 0.3) is 0 Å². The van der Waals surface area contributed by atoms with Gasteiger partial charge < -0.3 is 4.57 Å². The minimum Gasteiger partial charge on any atom is -0.339 e. The van der Waals surface area contributed by atoms with Crippen LogP contribution < -0.4 is 0 Å². The molecule has 0 N–H and O–H groups in total. The van der Waals surface area contributed by atoms with E-state index in [9.17, 15) is 5.26 Å². The summed E-state index contributed by atoms with van der Waals surface area (Å²) in [5.41, 5.74) is 8.21. The van der Waals surface area contributed by atoms with E-state index < -0.39 is 0 Å². The number of rotatable bonds is 6. The quantitative estimate of drug-likeness (QED) is 0.142. The van der Waals surface area contributed by atoms with E-state index in [1.807, 2.05) is 48.6 Å². The molecule has 0 saturated heterocycles. The van der Waals surface area contributed by atoms with Crippen LogP contribution in [0.2, 0.25) is 0 Å². The maximum atomic E-state index is 10.0. The Morgan fingerprint density at radius 2 is 1.50 bits per heavy atom. The zero-order chi connectivity index (χ0) is 27.2. The summed E-state index contributed by atoms with van der Waals surface area (Å²) in [6.07, 6.45) is 4.91. The number of hydrogen-bond donors (Lipinski definition) is 0. The van der Waals surface area contributed by atoms with Crippen LogP contribution in [0, 0.1) is 17.9 Å². The monoisotopic (exact) mass is 591 g/mol. The maximum absolute atomic E-state index is 10.0. The van der Waals surface area contributed by atoms with E-state index in [0.717, 1.165) is 79.4 Å². The van der Waals surface area contributed by atoms with E-state index in [0.29, 0.717) is 11.3 Å². The molecular weight excluding hydrogens is 575 g/mol. The van der Waals surface area contributed by atoms with Crippen molar-refractivity contribution in [3.63, 3.8) is 0 Å². The van der Waals surface area contributed by atoms with Crippen molar-refractivity contribution in [2.24, 2.45) is 0 Å². The molecule has 0 atom stereocenters. The fourth-order valence-corrected chi connectivity index (χ4v) is 8.37. The predicted molar refractivity (Wildman–Crippen MR) is 168 cm³/mol. The van der Waals surface area contributed by atoms with Gasteiger partial charge in [-0.2, -0.15) is 22.8 Å². The van der Waals surface area contributed by atoms with Gasteiger partial charge in [0.15, 0.2) is 5.70 Å². The van der Waals surface area contributed by atoms with Crippen LogP contribution >= 0.6 is 46.1 Å². The zero-order valence-corrected chi connectivity index (χ0v) is 24.2. The Bertz CT molecular complexity index is 2070. The third-order valence-electron chi connectivity index (χ3n) is 6.64. The van der Waals surface area contributed by atoms with Crippen molar-refractivity contribution in [1.29, 1.82) is 5.26 Å². The summed E-state index contributed by atoms with van der Waals surface area (Å²) in [6, 6.07) is 18.3. The number of thiophene rings is 2. The van der Waals surface area contributed by atoms with Crippen LogP contribution in [-0.2, 0) is 6.54 Å². The molecule has 0 aliphatic heterocycles. The Morgan fingerprint density at radius 3 is 2.10 bits per heavy atom. The zero-order valence-electron chi connectivity index (χ0n) is 21.0. The molecule has 0 saturated carbocycles. The molecule has 5 heterocycles. The fourth-order valence-electron chi connectivity index (χ4n) is 4.92. The average molecular weight is 592 g/mol. The van der Waals surface area contributed by atoms with Crippen molar-refractivity contribution in [2.45, 2.75) is 19.9 Å². The average Bonchev–Trinajstić information content (AvgIpc) is 3.79. The Balaban J connectivity index is 1.35. The molecule has 0 bridgehead atoms. The molecule has 7 aromatic rings. The summed E-state index contributed by atoms with van der Waals surface area (Å²) in [5, 5.41) is 10.0. The predicted octanol–water partition coefficient (Wildman–Crippen LogP) is 8.82. The Morgan fingerprint density at radius 1 is 0.900 bits per heavy atom. The van der Waals surface area contributed by atoms with Crippen LogP contribution in [0.5, 0.6) is 0 Å². The largest absolute Gasteiger partial charge is 0.339 e. The number of nitrogens with zero attached hydrogens (tertiary/aromatic N) is 7. The lowest BCUT2D eigenvalue weighted by Crippen LogP contribution is -1.94. The van der Waals surface area contributed by atoms with Crippen LogP contribution in [0.1, 0.15) is 34.2 Å². The minimum atomic E-state index is 0.555. The van der Waals surface area contributed by atoms with Crippen molar-refractivity contribution in [3.8, 4) is 6.07 Å². The van der Waals surface area contributed by atoms with E-state index in [2.05, 4.69) is 52.0 Å². The van der Waals surface area contributed by atoms with E-state index in [1.54, 1.807) is 22.7 Å². The molecular formula is C29H17N7S4. The standard InChI is InChI=1S/C29H17N7S4/c1-3-10-36-24-13-17(11-16(15-30)19-6-4-8-21-26(19)34-39-32-21)37-28(24)29-25(36)14-18(38-29)12-23(31-2)20-7-5-9-22-27(20)35-40-33-22/h4-9,11-14H,3,10H2,1H3/b16-11+,23-12-. The number of allylic oxidation sites excluding steroid dienone is 1. The molecule has 0 aliphatic rings. The van der Waals surface area contributed by atoms with Crippen molar-refractivity contribution in [3.05, 3.63) is 80.8 Å². The summed E-state index contributed by atoms with van der Waals surface area (Å²) in [6.45, 7) is 10.9. The second-order valence-electron chi connectivity index (χ2n) is 9.06. The highest BCUT2D eigenvalue weighted by Gasteiger charge is 2.18. The molecule has 0 spiro atoms. The van der Waals surface area contributed by atoms with Gasteiger partial charge in [0.1, 0.15) is 22.1 Å². The smallest absolute Gasteiger partial charge is 0.197 e. The molecule has 7 rings (SSSR count). The Hall–Kier alpha value is -4.26. The summed E-state index contributed by atoms with van der Waals surface area (Å²) in [4.78, 5) is 5.89. The van der Waals surface area contributed by atoms with Gasteiger partial charge in [-0.1, -0.05) is 31.2 Å². The second-order valence-corrected chi connectivity index (χ2v) is 12.3. The topological polar surface area (TPSA) is 84.6 Å². The first-order valence-electron chi connectivity index (χ1n) is 12.4. The summed E-state index contributed by atoms with van der Waals surface area (Å²) in [7, 11) is 0. The number of nitriles is 1. The highest BCUT2D eigenvalue weighted by Crippen LogP contribution is 2.42. The first-order chi connectivity index (χ1) is 19.7. The second kappa shape index (κ2) is 10.0. The van der Waals surface area contributed by atoms with Gasteiger partial charge in [0, 0.05) is 27.4 Å². The lowest BCUT2D eigenvalue weighted by atomic mass is 10.0. The van der Waals surface area contributed by atoms with Gasteiger partial charge in [-0.05, 0) is 42.8 Å². The number of hydrogen-bond acceptors (Lipinski definition) is 9. The summed E-state index contributed by atoms with van der Waals surface area (Å²) in [5.74, 6) is 0. The number of aryl methyl sites for hydroxylation is 1. The van der Waals surface area contributed by atoms with Gasteiger partial charge >= 0.3 is 0 Å². The number of benzene rings is 2. The highest BCUT2D eigenvalue weighted by molar-refractivity contribution is 7.28. The number of fused-ring (bicyclic) bond motifs is 5. The van der Waals surface area contributed by atoms with Crippen molar-refractivity contribution < 1.29 is 0 Å². The van der Waals surface area contributed by atoms with Crippen molar-refractivity contribution in [2.75, 3.05) is 0 Å². The van der Waals surface area contributed by atoms with E-state index in [-0.39, 0.29) is 0 Å². The summed E-state index contributed by atoms with van der Waals surface area (Å²) >= 11 is 5.70.